The summed E-state index contributed by atoms with van der Waals surface area (Å²) in [5.74, 6) is 3.19. The van der Waals surface area contributed by atoms with E-state index >= 15 is 0 Å². The van der Waals surface area contributed by atoms with E-state index in [2.05, 4.69) is 34.4 Å². The van der Waals surface area contributed by atoms with Crippen LogP contribution in [0.5, 0.6) is 0 Å². The van der Waals surface area contributed by atoms with Gasteiger partial charge in [-0.1, -0.05) is 13.8 Å². The number of guanidine groups is 1. The minimum Gasteiger partial charge on any atom is -0.467 e. The van der Waals surface area contributed by atoms with E-state index in [0.717, 1.165) is 30.6 Å². The number of hydrogen-bond donors (Lipinski definition) is 2. The molecule has 0 radical (unpaired) electrons. The van der Waals surface area contributed by atoms with E-state index < -0.39 is 0 Å². The number of amides is 1. The van der Waals surface area contributed by atoms with Gasteiger partial charge in [0.15, 0.2) is 5.96 Å². The number of nitrogens with one attached hydrogen (secondary N) is 2. The standard InChI is InChI=1S/C16H26N4O2S/c1-12(2)14-11-20(6-8-23-14)16(17-3)19-10-15(21)18-9-13-5-4-7-22-13/h4-5,7,12,14H,6,8-11H2,1-3H3,(H,17,19)(H,18,21). The van der Waals surface area contributed by atoms with E-state index in [1.54, 1.807) is 19.4 Å². The predicted octanol–water partition coefficient (Wildman–Crippen LogP) is 1.54. The van der Waals surface area contributed by atoms with Crippen molar-refractivity contribution in [2.75, 3.05) is 32.4 Å². The molecular formula is C16H26N4O2S. The zero-order valence-corrected chi connectivity index (χ0v) is 14.9. The van der Waals surface area contributed by atoms with Crippen LogP contribution in [0.2, 0.25) is 0 Å². The van der Waals surface area contributed by atoms with Crippen molar-refractivity contribution in [3.05, 3.63) is 24.2 Å². The molecule has 0 bridgehead atoms. The summed E-state index contributed by atoms with van der Waals surface area (Å²) in [7, 11) is 1.76. The van der Waals surface area contributed by atoms with Gasteiger partial charge >= 0.3 is 0 Å². The van der Waals surface area contributed by atoms with E-state index in [1.807, 2.05) is 17.8 Å². The van der Waals surface area contributed by atoms with E-state index in [1.165, 1.54) is 0 Å². The number of nitrogens with zero attached hydrogens (tertiary/aromatic N) is 2. The molecule has 7 heteroatoms. The topological polar surface area (TPSA) is 69.9 Å². The lowest BCUT2D eigenvalue weighted by molar-refractivity contribution is -0.120. The molecule has 1 fully saturated rings. The monoisotopic (exact) mass is 338 g/mol. The highest BCUT2D eigenvalue weighted by Gasteiger charge is 2.24. The number of furan rings is 1. The molecule has 0 aliphatic carbocycles. The van der Waals surface area contributed by atoms with Crippen LogP contribution in [-0.4, -0.2) is 54.5 Å². The van der Waals surface area contributed by atoms with Gasteiger partial charge in [-0.25, -0.2) is 0 Å². The second kappa shape index (κ2) is 8.86. The maximum absolute atomic E-state index is 11.9. The number of aliphatic imine (C=N–C) groups is 1. The fourth-order valence-corrected chi connectivity index (χ4v) is 3.72. The zero-order chi connectivity index (χ0) is 16.7. The van der Waals surface area contributed by atoms with Crippen molar-refractivity contribution in [2.24, 2.45) is 10.9 Å². The lowest BCUT2D eigenvalue weighted by Crippen LogP contribution is -2.50. The quantitative estimate of drug-likeness (QED) is 0.630. The third-order valence-corrected chi connectivity index (χ3v) is 5.34. The molecule has 1 saturated heterocycles. The highest BCUT2D eigenvalue weighted by Crippen LogP contribution is 2.24. The van der Waals surface area contributed by atoms with Crippen molar-refractivity contribution >= 4 is 23.6 Å². The fraction of sp³-hybridized carbons (Fsp3) is 0.625. The summed E-state index contributed by atoms with van der Waals surface area (Å²) in [5, 5.41) is 6.58. The average Bonchev–Trinajstić information content (AvgIpc) is 3.07. The molecule has 6 nitrogen and oxygen atoms in total. The Morgan fingerprint density at radius 3 is 3.00 bits per heavy atom. The molecule has 2 heterocycles. The lowest BCUT2D eigenvalue weighted by Gasteiger charge is -2.36. The highest BCUT2D eigenvalue weighted by atomic mass is 32.2. The van der Waals surface area contributed by atoms with E-state index in [-0.39, 0.29) is 12.5 Å². The Hall–Kier alpha value is -1.63. The molecule has 1 unspecified atom stereocenters. The van der Waals surface area contributed by atoms with Crippen molar-refractivity contribution in [3.8, 4) is 0 Å². The second-order valence-corrected chi connectivity index (χ2v) is 7.20. The van der Waals surface area contributed by atoms with Gasteiger partial charge in [0.1, 0.15) is 5.76 Å². The molecule has 1 aromatic rings. The van der Waals surface area contributed by atoms with Crippen molar-refractivity contribution in [2.45, 2.75) is 25.6 Å². The van der Waals surface area contributed by atoms with Crippen LogP contribution in [0, 0.1) is 5.92 Å². The Bertz CT molecular complexity index is 516. The normalized spacial score (nSPS) is 19.0. The van der Waals surface area contributed by atoms with Gasteiger partial charge in [-0.3, -0.25) is 9.79 Å². The summed E-state index contributed by atoms with van der Waals surface area (Å²) in [4.78, 5) is 18.5. The largest absolute Gasteiger partial charge is 0.467 e. The minimum absolute atomic E-state index is 0.0747. The van der Waals surface area contributed by atoms with Gasteiger partial charge in [0.05, 0.1) is 19.4 Å². The molecule has 1 aliphatic heterocycles. The first-order valence-corrected chi connectivity index (χ1v) is 9.01. The molecule has 1 atom stereocenters. The maximum Gasteiger partial charge on any atom is 0.239 e. The minimum atomic E-state index is -0.0747. The summed E-state index contributed by atoms with van der Waals surface area (Å²) in [5.41, 5.74) is 0. The number of thioether (sulfide) groups is 1. The zero-order valence-electron chi connectivity index (χ0n) is 14.0. The van der Waals surface area contributed by atoms with E-state index in [4.69, 9.17) is 4.42 Å². The molecule has 1 aromatic heterocycles. The third-order valence-electron chi connectivity index (χ3n) is 3.80. The Morgan fingerprint density at radius 1 is 1.52 bits per heavy atom. The molecular weight excluding hydrogens is 312 g/mol. The lowest BCUT2D eigenvalue weighted by atomic mass is 10.1. The Kier molecular flexibility index (Phi) is 6.83. The van der Waals surface area contributed by atoms with Crippen LogP contribution < -0.4 is 10.6 Å². The van der Waals surface area contributed by atoms with Crippen LogP contribution in [0.1, 0.15) is 19.6 Å². The van der Waals surface area contributed by atoms with Crippen LogP contribution in [0.4, 0.5) is 0 Å². The van der Waals surface area contributed by atoms with Crippen molar-refractivity contribution in [1.29, 1.82) is 0 Å². The van der Waals surface area contributed by atoms with E-state index in [9.17, 15) is 4.79 Å². The molecule has 2 N–H and O–H groups in total. The van der Waals surface area contributed by atoms with Crippen LogP contribution in [0.25, 0.3) is 0 Å². The van der Waals surface area contributed by atoms with Crippen molar-refractivity contribution in [3.63, 3.8) is 0 Å². The molecule has 0 saturated carbocycles. The summed E-state index contributed by atoms with van der Waals surface area (Å²) >= 11 is 2.02. The molecule has 1 amide bonds. The van der Waals surface area contributed by atoms with Crippen molar-refractivity contribution < 1.29 is 9.21 Å². The molecule has 23 heavy (non-hydrogen) atoms. The van der Waals surface area contributed by atoms with Crippen LogP contribution in [0.15, 0.2) is 27.8 Å². The summed E-state index contributed by atoms with van der Waals surface area (Å²) in [6.45, 7) is 7.04. The van der Waals surface area contributed by atoms with Gasteiger partial charge < -0.3 is 20.0 Å². The average molecular weight is 338 g/mol. The number of hydrogen-bond acceptors (Lipinski definition) is 4. The molecule has 128 valence electrons. The molecule has 0 aromatic carbocycles. The van der Waals surface area contributed by atoms with E-state index in [0.29, 0.717) is 17.7 Å². The molecule has 2 rings (SSSR count). The van der Waals surface area contributed by atoms with Crippen LogP contribution in [-0.2, 0) is 11.3 Å². The maximum atomic E-state index is 11.9. The predicted molar refractivity (Wildman–Crippen MR) is 94.6 cm³/mol. The van der Waals surface area contributed by atoms with Crippen LogP contribution >= 0.6 is 11.8 Å². The summed E-state index contributed by atoms with van der Waals surface area (Å²) in [6, 6.07) is 3.64. The third kappa shape index (κ3) is 5.49. The first-order chi connectivity index (χ1) is 11.1. The van der Waals surface area contributed by atoms with Gasteiger partial charge in [-0.15, -0.1) is 0 Å². The Labute approximate surface area is 142 Å². The first kappa shape index (κ1) is 17.7. The SMILES string of the molecule is CN=C(NCC(=O)NCc1ccco1)N1CCSC(C(C)C)C1. The summed E-state index contributed by atoms with van der Waals surface area (Å²) in [6.07, 6.45) is 1.60. The number of carbonyl (C=O) groups is 1. The number of rotatable bonds is 5. The second-order valence-electron chi connectivity index (χ2n) is 5.86. The van der Waals surface area contributed by atoms with Gasteiger partial charge in [0.25, 0.3) is 0 Å². The summed E-state index contributed by atoms with van der Waals surface area (Å²) < 4.78 is 5.19. The molecule has 1 aliphatic rings. The fourth-order valence-electron chi connectivity index (χ4n) is 2.42. The Balaban J connectivity index is 1.77. The van der Waals surface area contributed by atoms with Crippen molar-refractivity contribution in [1.82, 2.24) is 15.5 Å². The number of carbonyl (C=O) groups excluding carboxylic acids is 1. The highest BCUT2D eigenvalue weighted by molar-refractivity contribution is 8.00. The first-order valence-electron chi connectivity index (χ1n) is 7.96. The molecule has 0 spiro atoms. The van der Waals surface area contributed by atoms with Gasteiger partial charge in [0.2, 0.25) is 5.91 Å². The Morgan fingerprint density at radius 2 is 2.35 bits per heavy atom. The van der Waals surface area contributed by atoms with Gasteiger partial charge in [0, 0.05) is 31.1 Å². The van der Waals surface area contributed by atoms with Gasteiger partial charge in [-0.05, 0) is 18.1 Å². The van der Waals surface area contributed by atoms with Gasteiger partial charge in [-0.2, -0.15) is 11.8 Å². The smallest absolute Gasteiger partial charge is 0.239 e. The van der Waals surface area contributed by atoms with Crippen LogP contribution in [0.3, 0.4) is 0 Å².